The van der Waals surface area contributed by atoms with Crippen LogP contribution in [0.25, 0.3) is 5.70 Å². The van der Waals surface area contributed by atoms with Gasteiger partial charge >= 0.3 is 6.18 Å². The van der Waals surface area contributed by atoms with Crippen molar-refractivity contribution < 1.29 is 13.2 Å². The Labute approximate surface area is 177 Å². The molecular weight excluding hydrogens is 411 g/mol. The van der Waals surface area contributed by atoms with E-state index in [-0.39, 0.29) is 18.2 Å². The Kier molecular flexibility index (Phi) is 6.78. The van der Waals surface area contributed by atoms with E-state index in [1.807, 2.05) is 4.90 Å². The molecule has 0 radical (unpaired) electrons. The standard InChI is InChI=1S/C19H22F3N9/c1-25-9-15(30-7-5-26-14(11-30)8-19(20,21)22)18-27-4-2-16(29-18)31-6-3-13(10-31)17(24)28-12-23/h2,4-5,9,11-13H,1,3,6-8,10H2,(H3,23,24,28)/b15-9-. The quantitative estimate of drug-likeness (QED) is 0.506. The third kappa shape index (κ3) is 5.74. The van der Waals surface area contributed by atoms with Crippen molar-refractivity contribution in [2.75, 3.05) is 24.5 Å². The van der Waals surface area contributed by atoms with E-state index in [1.54, 1.807) is 17.2 Å². The van der Waals surface area contributed by atoms with Crippen LogP contribution in [-0.4, -0.2) is 65.8 Å². The van der Waals surface area contributed by atoms with Crippen molar-refractivity contribution in [3.05, 3.63) is 36.2 Å². The van der Waals surface area contributed by atoms with Crippen LogP contribution in [0.2, 0.25) is 0 Å². The van der Waals surface area contributed by atoms with Gasteiger partial charge in [0.05, 0.1) is 24.9 Å². The predicted molar refractivity (Wildman–Crippen MR) is 114 cm³/mol. The SMILES string of the molecule is C=N/C=C(/c1nccc(N2CCC(C(N)=NC=N)C2)n1)N1C=C(CC(F)(F)F)N=CC1. The first kappa shape index (κ1) is 22.1. The van der Waals surface area contributed by atoms with Gasteiger partial charge in [0.2, 0.25) is 0 Å². The molecule has 31 heavy (non-hydrogen) atoms. The van der Waals surface area contributed by atoms with Crippen LogP contribution in [0.5, 0.6) is 0 Å². The Morgan fingerprint density at radius 2 is 2.23 bits per heavy atom. The van der Waals surface area contributed by atoms with Gasteiger partial charge in [0, 0.05) is 37.6 Å². The maximum absolute atomic E-state index is 12.8. The van der Waals surface area contributed by atoms with Crippen molar-refractivity contribution in [3.63, 3.8) is 0 Å². The molecule has 2 aliphatic heterocycles. The maximum Gasteiger partial charge on any atom is 0.394 e. The second kappa shape index (κ2) is 9.49. The number of nitrogens with zero attached hydrogens (tertiary/aromatic N) is 7. The number of alkyl halides is 3. The number of aliphatic imine (C=N–C) groups is 3. The van der Waals surface area contributed by atoms with Crippen molar-refractivity contribution in [1.82, 2.24) is 14.9 Å². The average Bonchev–Trinajstić information content (AvgIpc) is 3.22. The molecule has 0 spiro atoms. The maximum atomic E-state index is 12.8. The summed E-state index contributed by atoms with van der Waals surface area (Å²) in [4.78, 5) is 23.9. The van der Waals surface area contributed by atoms with E-state index in [0.717, 1.165) is 12.8 Å². The summed E-state index contributed by atoms with van der Waals surface area (Å²) in [6.45, 7) is 4.98. The number of anilines is 1. The van der Waals surface area contributed by atoms with Gasteiger partial charge in [-0.05, 0) is 19.2 Å². The molecule has 9 nitrogen and oxygen atoms in total. The van der Waals surface area contributed by atoms with E-state index in [0.29, 0.717) is 36.3 Å². The summed E-state index contributed by atoms with van der Waals surface area (Å²) in [5, 5.41) is 7.06. The summed E-state index contributed by atoms with van der Waals surface area (Å²) in [5.41, 5.74) is 6.20. The molecule has 1 unspecified atom stereocenters. The summed E-state index contributed by atoms with van der Waals surface area (Å²) in [7, 11) is 0. The molecule has 1 fully saturated rings. The molecule has 3 N–H and O–H groups in total. The zero-order chi connectivity index (χ0) is 22.4. The molecule has 12 heteroatoms. The molecule has 0 saturated carbocycles. The van der Waals surface area contributed by atoms with Gasteiger partial charge in [-0.1, -0.05) is 0 Å². The van der Waals surface area contributed by atoms with Crippen LogP contribution < -0.4 is 10.6 Å². The van der Waals surface area contributed by atoms with E-state index < -0.39 is 12.6 Å². The summed E-state index contributed by atoms with van der Waals surface area (Å²) in [5.74, 6) is 1.36. The van der Waals surface area contributed by atoms with Crippen LogP contribution >= 0.6 is 0 Å². The molecule has 1 saturated heterocycles. The van der Waals surface area contributed by atoms with E-state index in [2.05, 4.69) is 31.7 Å². The Bertz CT molecular complexity index is 949. The molecule has 0 aromatic carbocycles. The number of rotatable bonds is 7. The number of nitrogens with one attached hydrogen (secondary N) is 1. The Morgan fingerprint density at radius 1 is 1.42 bits per heavy atom. The fraction of sp³-hybridized carbons (Fsp3) is 0.368. The van der Waals surface area contributed by atoms with Crippen molar-refractivity contribution in [1.29, 1.82) is 5.41 Å². The summed E-state index contributed by atoms with van der Waals surface area (Å²) >= 11 is 0. The first-order chi connectivity index (χ1) is 14.8. The largest absolute Gasteiger partial charge is 0.394 e. The Morgan fingerprint density at radius 3 is 2.94 bits per heavy atom. The summed E-state index contributed by atoms with van der Waals surface area (Å²) in [6, 6.07) is 1.75. The van der Waals surface area contributed by atoms with Gasteiger partial charge in [0.25, 0.3) is 0 Å². The number of allylic oxidation sites excluding steroid dienone is 1. The third-order valence-electron chi connectivity index (χ3n) is 4.76. The van der Waals surface area contributed by atoms with Gasteiger partial charge in [0.15, 0.2) is 5.82 Å². The van der Waals surface area contributed by atoms with E-state index in [9.17, 15) is 13.2 Å². The highest BCUT2D eigenvalue weighted by Gasteiger charge is 2.30. The lowest BCUT2D eigenvalue weighted by Gasteiger charge is -2.25. The molecular formula is C19H22F3N9. The number of amidine groups is 1. The van der Waals surface area contributed by atoms with Gasteiger partial charge in [-0.25, -0.2) is 15.0 Å². The van der Waals surface area contributed by atoms with Gasteiger partial charge in [0.1, 0.15) is 23.7 Å². The Balaban J connectivity index is 1.83. The zero-order valence-corrected chi connectivity index (χ0v) is 16.6. The number of aromatic nitrogens is 2. The summed E-state index contributed by atoms with van der Waals surface area (Å²) < 4.78 is 38.3. The van der Waals surface area contributed by atoms with Gasteiger partial charge < -0.3 is 15.5 Å². The highest BCUT2D eigenvalue weighted by Crippen LogP contribution is 2.29. The minimum absolute atomic E-state index is 0.0102. The number of hydrogen-bond donors (Lipinski definition) is 2. The molecule has 1 aromatic heterocycles. The van der Waals surface area contributed by atoms with Gasteiger partial charge in [-0.2, -0.15) is 13.2 Å². The van der Waals surface area contributed by atoms with E-state index >= 15 is 0 Å². The fourth-order valence-corrected chi connectivity index (χ4v) is 3.36. The molecule has 3 rings (SSSR count). The van der Waals surface area contributed by atoms with Crippen molar-refractivity contribution in [3.8, 4) is 0 Å². The topological polar surface area (TPSA) is 119 Å². The van der Waals surface area contributed by atoms with E-state index in [1.165, 1.54) is 18.6 Å². The van der Waals surface area contributed by atoms with Crippen molar-refractivity contribution in [2.24, 2.45) is 26.6 Å². The molecule has 2 aliphatic rings. The predicted octanol–water partition coefficient (Wildman–Crippen LogP) is 2.45. The number of nitrogens with two attached hydrogens (primary N) is 1. The summed E-state index contributed by atoms with van der Waals surface area (Å²) in [6.07, 6.45) is 1.90. The highest BCUT2D eigenvalue weighted by molar-refractivity contribution is 5.89. The molecule has 3 heterocycles. The smallest absolute Gasteiger partial charge is 0.387 e. The lowest BCUT2D eigenvalue weighted by molar-refractivity contribution is -0.127. The lowest BCUT2D eigenvalue weighted by Crippen LogP contribution is -2.28. The fourth-order valence-electron chi connectivity index (χ4n) is 3.36. The minimum atomic E-state index is -4.36. The molecule has 1 aromatic rings. The molecule has 0 aliphatic carbocycles. The number of hydrogen-bond acceptors (Lipinski definition) is 7. The Hall–Kier alpha value is -3.57. The lowest BCUT2D eigenvalue weighted by atomic mass is 10.1. The van der Waals surface area contributed by atoms with Crippen LogP contribution in [0.4, 0.5) is 19.0 Å². The second-order valence-electron chi connectivity index (χ2n) is 6.93. The number of halogens is 3. The molecule has 1 atom stereocenters. The second-order valence-corrected chi connectivity index (χ2v) is 6.93. The average molecular weight is 433 g/mol. The van der Waals surface area contributed by atoms with Crippen LogP contribution in [-0.2, 0) is 0 Å². The van der Waals surface area contributed by atoms with Crippen LogP contribution in [0, 0.1) is 11.3 Å². The van der Waals surface area contributed by atoms with Crippen molar-refractivity contribution >= 4 is 36.6 Å². The van der Waals surface area contributed by atoms with Gasteiger partial charge in [-0.15, -0.1) is 0 Å². The minimum Gasteiger partial charge on any atom is -0.387 e. The van der Waals surface area contributed by atoms with Crippen LogP contribution in [0.3, 0.4) is 0 Å². The highest BCUT2D eigenvalue weighted by atomic mass is 19.4. The molecule has 0 amide bonds. The zero-order valence-electron chi connectivity index (χ0n) is 16.6. The van der Waals surface area contributed by atoms with E-state index in [4.69, 9.17) is 11.1 Å². The first-order valence-electron chi connectivity index (χ1n) is 9.44. The van der Waals surface area contributed by atoms with Crippen LogP contribution in [0.15, 0.2) is 45.3 Å². The third-order valence-corrected chi connectivity index (χ3v) is 4.76. The van der Waals surface area contributed by atoms with Gasteiger partial charge in [-0.3, -0.25) is 15.4 Å². The monoisotopic (exact) mass is 433 g/mol. The van der Waals surface area contributed by atoms with Crippen molar-refractivity contribution in [2.45, 2.75) is 19.0 Å². The molecule has 164 valence electrons. The van der Waals surface area contributed by atoms with Crippen LogP contribution in [0.1, 0.15) is 18.7 Å². The normalized spacial score (nSPS) is 20.1. The molecule has 0 bridgehead atoms. The first-order valence-corrected chi connectivity index (χ1v) is 9.44.